The average molecular weight is 285 g/mol. The van der Waals surface area contributed by atoms with Crippen molar-refractivity contribution in [1.29, 1.82) is 0 Å². The maximum atomic E-state index is 5.85. The molecule has 20 heavy (non-hydrogen) atoms. The molecule has 1 aromatic carbocycles. The fraction of sp³-hybridized carbons (Fsp3) is 0.250. The molecule has 0 saturated carbocycles. The number of nitrogens with zero attached hydrogens (tertiary/aromatic N) is 1. The number of hydrogen-bond acceptors (Lipinski definition) is 3. The number of nitrogens with two attached hydrogens (primary N) is 1. The number of nitrogens with one attached hydrogen (secondary N) is 1. The topological polar surface area (TPSA) is 50.9 Å². The molecular formula is C16H19N3S. The number of rotatable bonds is 3. The molecule has 3 nitrogen and oxygen atoms in total. The smallest absolute Gasteiger partial charge is 0.141 e. The van der Waals surface area contributed by atoms with E-state index in [4.69, 9.17) is 18.0 Å². The molecule has 1 heterocycles. The third kappa shape index (κ3) is 2.80. The van der Waals surface area contributed by atoms with Gasteiger partial charge in [-0.3, -0.25) is 0 Å². The Morgan fingerprint density at radius 2 is 1.70 bits per heavy atom. The van der Waals surface area contributed by atoms with E-state index in [0.717, 1.165) is 28.3 Å². The first-order chi connectivity index (χ1) is 9.40. The van der Waals surface area contributed by atoms with Gasteiger partial charge in [0.15, 0.2) is 0 Å². The number of hydrogen-bond donors (Lipinski definition) is 2. The van der Waals surface area contributed by atoms with E-state index in [0.29, 0.717) is 4.99 Å². The van der Waals surface area contributed by atoms with Crippen LogP contribution in [-0.4, -0.2) is 9.97 Å². The van der Waals surface area contributed by atoms with Crippen molar-refractivity contribution in [3.05, 3.63) is 52.2 Å². The molecule has 0 saturated heterocycles. The van der Waals surface area contributed by atoms with Crippen molar-refractivity contribution >= 4 is 28.7 Å². The lowest BCUT2D eigenvalue weighted by atomic mass is 10.1. The summed E-state index contributed by atoms with van der Waals surface area (Å²) in [5.41, 5.74) is 12.0. The normalized spacial score (nSPS) is 10.4. The first-order valence-electron chi connectivity index (χ1n) is 6.51. The summed E-state index contributed by atoms with van der Waals surface area (Å²) in [4.78, 5) is 4.92. The monoisotopic (exact) mass is 285 g/mol. The largest absolute Gasteiger partial charge is 0.389 e. The maximum Gasteiger partial charge on any atom is 0.141 e. The van der Waals surface area contributed by atoms with Crippen molar-refractivity contribution in [3.8, 4) is 0 Å². The summed E-state index contributed by atoms with van der Waals surface area (Å²) in [5, 5.41) is 3.39. The highest BCUT2D eigenvalue weighted by atomic mass is 32.1. The Bertz CT molecular complexity index is 657. The van der Waals surface area contributed by atoms with Crippen LogP contribution in [-0.2, 0) is 0 Å². The van der Waals surface area contributed by atoms with E-state index < -0.39 is 0 Å². The van der Waals surface area contributed by atoms with Crippen LogP contribution in [0.5, 0.6) is 0 Å². The Hall–Kier alpha value is -1.94. The highest BCUT2D eigenvalue weighted by molar-refractivity contribution is 7.80. The number of pyridine rings is 1. The Morgan fingerprint density at radius 1 is 1.10 bits per heavy atom. The highest BCUT2D eigenvalue weighted by Gasteiger charge is 2.13. The van der Waals surface area contributed by atoms with E-state index in [1.54, 1.807) is 0 Å². The molecule has 0 bridgehead atoms. The third-order valence-electron chi connectivity index (χ3n) is 3.32. The molecule has 0 atom stereocenters. The summed E-state index contributed by atoms with van der Waals surface area (Å²) in [6.07, 6.45) is 0. The van der Waals surface area contributed by atoms with Crippen LogP contribution in [0.1, 0.15) is 27.9 Å². The first kappa shape index (κ1) is 14.5. The predicted molar refractivity (Wildman–Crippen MR) is 88.8 cm³/mol. The van der Waals surface area contributed by atoms with Crippen LogP contribution in [0.4, 0.5) is 11.5 Å². The van der Waals surface area contributed by atoms with Crippen molar-refractivity contribution in [3.63, 3.8) is 0 Å². The summed E-state index contributed by atoms with van der Waals surface area (Å²) >= 11 is 5.16. The van der Waals surface area contributed by atoms with Gasteiger partial charge in [0.25, 0.3) is 0 Å². The molecule has 0 radical (unpaired) electrons. The zero-order valence-electron chi connectivity index (χ0n) is 12.2. The lowest BCUT2D eigenvalue weighted by Crippen LogP contribution is -2.16. The summed E-state index contributed by atoms with van der Waals surface area (Å²) in [5.74, 6) is 0.729. The molecule has 0 aliphatic rings. The molecule has 0 aliphatic carbocycles. The quantitative estimate of drug-likeness (QED) is 0.844. The molecule has 0 amide bonds. The van der Waals surface area contributed by atoms with Crippen LogP contribution < -0.4 is 11.1 Å². The number of benzene rings is 1. The van der Waals surface area contributed by atoms with Crippen LogP contribution in [0.2, 0.25) is 0 Å². The summed E-state index contributed by atoms with van der Waals surface area (Å²) in [6, 6.07) is 8.17. The second-order valence-corrected chi connectivity index (χ2v) is 5.50. The Labute approximate surface area is 125 Å². The van der Waals surface area contributed by atoms with Crippen molar-refractivity contribution in [2.24, 2.45) is 5.73 Å². The van der Waals surface area contributed by atoms with Crippen molar-refractivity contribution in [1.82, 2.24) is 4.98 Å². The molecule has 0 fully saturated rings. The molecule has 3 N–H and O–H groups in total. The number of aryl methyl sites for hydroxylation is 4. The van der Waals surface area contributed by atoms with E-state index in [9.17, 15) is 0 Å². The van der Waals surface area contributed by atoms with Gasteiger partial charge >= 0.3 is 0 Å². The van der Waals surface area contributed by atoms with E-state index in [-0.39, 0.29) is 0 Å². The minimum atomic E-state index is 0.365. The van der Waals surface area contributed by atoms with Gasteiger partial charge in [-0.15, -0.1) is 0 Å². The minimum Gasteiger partial charge on any atom is -0.389 e. The number of para-hydroxylation sites is 1. The number of aromatic nitrogens is 1. The molecule has 104 valence electrons. The summed E-state index contributed by atoms with van der Waals surface area (Å²) in [7, 11) is 0. The predicted octanol–water partition coefficient (Wildman–Crippen LogP) is 3.69. The average Bonchev–Trinajstić information content (AvgIpc) is 2.32. The Balaban J connectivity index is 2.56. The van der Waals surface area contributed by atoms with Crippen LogP contribution in [0.15, 0.2) is 24.3 Å². The second-order valence-electron chi connectivity index (χ2n) is 5.06. The minimum absolute atomic E-state index is 0.365. The molecule has 0 aliphatic heterocycles. The van der Waals surface area contributed by atoms with Gasteiger partial charge in [0, 0.05) is 11.4 Å². The molecule has 0 spiro atoms. The number of anilines is 2. The Morgan fingerprint density at radius 3 is 2.25 bits per heavy atom. The highest BCUT2D eigenvalue weighted by Crippen LogP contribution is 2.27. The lowest BCUT2D eigenvalue weighted by Gasteiger charge is -2.16. The van der Waals surface area contributed by atoms with Gasteiger partial charge in [0.1, 0.15) is 10.8 Å². The molecular weight excluding hydrogens is 266 g/mol. The van der Waals surface area contributed by atoms with Gasteiger partial charge < -0.3 is 11.1 Å². The summed E-state index contributed by atoms with van der Waals surface area (Å²) < 4.78 is 0. The third-order valence-corrected chi connectivity index (χ3v) is 3.52. The zero-order valence-corrected chi connectivity index (χ0v) is 13.1. The van der Waals surface area contributed by atoms with Gasteiger partial charge in [-0.25, -0.2) is 4.98 Å². The Kier molecular flexibility index (Phi) is 4.04. The lowest BCUT2D eigenvalue weighted by molar-refractivity contribution is 1.16. The molecule has 2 rings (SSSR count). The van der Waals surface area contributed by atoms with Crippen LogP contribution in [0.3, 0.4) is 0 Å². The van der Waals surface area contributed by atoms with E-state index >= 15 is 0 Å². The van der Waals surface area contributed by atoms with E-state index in [1.165, 1.54) is 11.1 Å². The summed E-state index contributed by atoms with van der Waals surface area (Å²) in [6.45, 7) is 8.10. The van der Waals surface area contributed by atoms with E-state index in [1.807, 2.05) is 26.0 Å². The zero-order chi connectivity index (χ0) is 14.9. The molecule has 2 aromatic rings. The first-order valence-corrected chi connectivity index (χ1v) is 6.92. The van der Waals surface area contributed by atoms with Crippen molar-refractivity contribution < 1.29 is 0 Å². The van der Waals surface area contributed by atoms with E-state index in [2.05, 4.69) is 36.3 Å². The number of thiocarbonyl (C=S) groups is 1. The van der Waals surface area contributed by atoms with Crippen LogP contribution in [0, 0.1) is 27.7 Å². The van der Waals surface area contributed by atoms with Crippen molar-refractivity contribution in [2.75, 3.05) is 5.32 Å². The van der Waals surface area contributed by atoms with Gasteiger partial charge in [0.2, 0.25) is 0 Å². The van der Waals surface area contributed by atoms with Gasteiger partial charge in [-0.2, -0.15) is 0 Å². The molecule has 1 aromatic heterocycles. The van der Waals surface area contributed by atoms with Crippen LogP contribution >= 0.6 is 12.2 Å². The maximum absolute atomic E-state index is 5.85. The van der Waals surface area contributed by atoms with Gasteiger partial charge in [-0.1, -0.05) is 30.4 Å². The molecule has 0 unspecified atom stereocenters. The molecule has 4 heteroatoms. The van der Waals surface area contributed by atoms with Crippen LogP contribution in [0.25, 0.3) is 0 Å². The van der Waals surface area contributed by atoms with Gasteiger partial charge in [0.05, 0.1) is 5.56 Å². The fourth-order valence-electron chi connectivity index (χ4n) is 2.37. The standard InChI is InChI=1S/C16H19N3S/c1-9-6-5-7-10(2)14(9)19-16-13(15(17)20)11(3)8-12(4)18-16/h5-8H,1-4H3,(H2,17,20)(H,18,19). The second kappa shape index (κ2) is 5.59. The fourth-order valence-corrected chi connectivity index (χ4v) is 2.63. The SMILES string of the molecule is Cc1cc(C)c(C(N)=S)c(Nc2c(C)cccc2C)n1. The van der Waals surface area contributed by atoms with Gasteiger partial charge in [-0.05, 0) is 50.5 Å². The van der Waals surface area contributed by atoms with Crippen molar-refractivity contribution in [2.45, 2.75) is 27.7 Å².